The lowest BCUT2D eigenvalue weighted by Crippen LogP contribution is -2.52. The number of hydrogen-bond acceptors (Lipinski definition) is 2. The highest BCUT2D eigenvalue weighted by atomic mass is 127. The van der Waals surface area contributed by atoms with Gasteiger partial charge in [-0.15, -0.1) is 0 Å². The summed E-state index contributed by atoms with van der Waals surface area (Å²) >= 11 is 5.46. The second-order valence-electron chi connectivity index (χ2n) is 4.87. The number of carbonyl (C=O) groups excluding carboxylic acids is 1. The monoisotopic (exact) mass is 451 g/mol. The van der Waals surface area contributed by atoms with Gasteiger partial charge in [0, 0.05) is 14.6 Å². The van der Waals surface area contributed by atoms with Crippen molar-refractivity contribution in [3.05, 3.63) is 31.8 Å². The average molecular weight is 452 g/mol. The van der Waals surface area contributed by atoms with E-state index in [-0.39, 0.29) is 5.91 Å². The smallest absolute Gasteiger partial charge is 0.329 e. The van der Waals surface area contributed by atoms with Crippen LogP contribution >= 0.6 is 38.5 Å². The number of nitrogens with zero attached hydrogens (tertiary/aromatic N) is 1. The fraction of sp³-hybridized carbons (Fsp3) is 0.429. The largest absolute Gasteiger partial charge is 0.479 e. The van der Waals surface area contributed by atoms with Crippen LogP contribution in [0.5, 0.6) is 0 Å². The van der Waals surface area contributed by atoms with Crippen LogP contribution < -0.4 is 0 Å². The molecule has 1 unspecified atom stereocenters. The first kappa shape index (κ1) is 15.8. The summed E-state index contributed by atoms with van der Waals surface area (Å²) in [6.45, 7) is 2.33. The summed E-state index contributed by atoms with van der Waals surface area (Å²) < 4.78 is 1.65. The van der Waals surface area contributed by atoms with Crippen LogP contribution in [0.1, 0.15) is 36.5 Å². The Hall–Kier alpha value is -0.630. The first-order valence-corrected chi connectivity index (χ1v) is 8.30. The number of rotatable bonds is 3. The zero-order valence-corrected chi connectivity index (χ0v) is 14.8. The SMILES string of the molecule is CCC1(C(=O)O)CCCN1C(=O)c1cc(Br)ccc1I. The van der Waals surface area contributed by atoms with Gasteiger partial charge in [-0.3, -0.25) is 4.79 Å². The molecule has 1 amide bonds. The molecule has 1 atom stereocenters. The molecule has 1 aliphatic heterocycles. The first-order valence-electron chi connectivity index (χ1n) is 6.43. The molecule has 1 fully saturated rings. The summed E-state index contributed by atoms with van der Waals surface area (Å²) in [5, 5.41) is 9.55. The Balaban J connectivity index is 2.42. The number of halogens is 2. The fourth-order valence-corrected chi connectivity index (χ4v) is 3.65. The Labute approximate surface area is 139 Å². The van der Waals surface area contributed by atoms with Crippen LogP contribution in [0, 0.1) is 3.57 Å². The first-order chi connectivity index (χ1) is 9.42. The maximum Gasteiger partial charge on any atom is 0.329 e. The molecular formula is C14H15BrINO3. The number of likely N-dealkylation sites (tertiary alicyclic amines) is 1. The van der Waals surface area contributed by atoms with E-state index in [9.17, 15) is 14.7 Å². The normalized spacial score (nSPS) is 22.1. The van der Waals surface area contributed by atoms with E-state index >= 15 is 0 Å². The van der Waals surface area contributed by atoms with Gasteiger partial charge < -0.3 is 10.0 Å². The quantitative estimate of drug-likeness (QED) is 0.715. The molecule has 0 bridgehead atoms. The molecule has 1 saturated heterocycles. The number of carboxylic acid groups (broad SMARTS) is 1. The third-order valence-corrected chi connectivity index (χ3v) is 5.31. The minimum atomic E-state index is -1.05. The Morgan fingerprint density at radius 2 is 2.20 bits per heavy atom. The van der Waals surface area contributed by atoms with E-state index in [1.54, 1.807) is 6.07 Å². The van der Waals surface area contributed by atoms with Gasteiger partial charge in [-0.25, -0.2) is 4.79 Å². The molecule has 2 rings (SSSR count). The lowest BCUT2D eigenvalue weighted by molar-refractivity contribution is -0.148. The van der Waals surface area contributed by atoms with Gasteiger partial charge in [-0.05, 0) is 60.1 Å². The third kappa shape index (κ3) is 2.59. The predicted molar refractivity (Wildman–Crippen MR) is 87.8 cm³/mol. The van der Waals surface area contributed by atoms with E-state index in [4.69, 9.17) is 0 Å². The van der Waals surface area contributed by atoms with Gasteiger partial charge in [-0.1, -0.05) is 22.9 Å². The lowest BCUT2D eigenvalue weighted by Gasteiger charge is -2.34. The third-order valence-electron chi connectivity index (χ3n) is 3.88. The van der Waals surface area contributed by atoms with Gasteiger partial charge in [0.05, 0.1) is 5.56 Å². The number of amides is 1. The van der Waals surface area contributed by atoms with Crippen LogP contribution in [0.25, 0.3) is 0 Å². The molecule has 0 aliphatic carbocycles. The van der Waals surface area contributed by atoms with Gasteiger partial charge in [0.1, 0.15) is 5.54 Å². The average Bonchev–Trinajstić information content (AvgIpc) is 2.85. The van der Waals surface area contributed by atoms with Crippen molar-refractivity contribution in [2.24, 2.45) is 0 Å². The summed E-state index contributed by atoms with van der Waals surface area (Å²) in [6.07, 6.45) is 1.68. The molecule has 1 aromatic carbocycles. The molecule has 1 N–H and O–H groups in total. The highest BCUT2D eigenvalue weighted by Gasteiger charge is 2.48. The number of hydrogen-bond donors (Lipinski definition) is 1. The Morgan fingerprint density at radius 3 is 2.80 bits per heavy atom. The van der Waals surface area contributed by atoms with Crippen LogP contribution in [0.15, 0.2) is 22.7 Å². The van der Waals surface area contributed by atoms with Crippen LogP contribution in [-0.4, -0.2) is 34.0 Å². The van der Waals surface area contributed by atoms with E-state index < -0.39 is 11.5 Å². The van der Waals surface area contributed by atoms with Gasteiger partial charge in [0.25, 0.3) is 5.91 Å². The van der Waals surface area contributed by atoms with Gasteiger partial charge >= 0.3 is 5.97 Å². The molecule has 4 nitrogen and oxygen atoms in total. The topological polar surface area (TPSA) is 57.6 Å². The molecule has 0 saturated carbocycles. The summed E-state index contributed by atoms with van der Waals surface area (Å²) in [4.78, 5) is 25.9. The highest BCUT2D eigenvalue weighted by Crippen LogP contribution is 2.35. The minimum Gasteiger partial charge on any atom is -0.479 e. The van der Waals surface area contributed by atoms with Crippen molar-refractivity contribution >= 4 is 50.4 Å². The van der Waals surface area contributed by atoms with Crippen molar-refractivity contribution in [1.29, 1.82) is 0 Å². The highest BCUT2D eigenvalue weighted by molar-refractivity contribution is 14.1. The maximum atomic E-state index is 12.7. The van der Waals surface area contributed by atoms with Gasteiger partial charge in [0.15, 0.2) is 0 Å². The molecule has 0 aromatic heterocycles. The summed E-state index contributed by atoms with van der Waals surface area (Å²) in [5.41, 5.74) is -0.497. The van der Waals surface area contributed by atoms with Crippen LogP contribution in [0.2, 0.25) is 0 Å². The zero-order valence-electron chi connectivity index (χ0n) is 11.0. The lowest BCUT2D eigenvalue weighted by atomic mass is 9.92. The summed E-state index contributed by atoms with van der Waals surface area (Å²) in [6, 6.07) is 5.47. The molecule has 1 aromatic rings. The molecule has 0 spiro atoms. The Kier molecular flexibility index (Phi) is 4.73. The number of benzene rings is 1. The van der Waals surface area contributed by atoms with Crippen LogP contribution in [0.3, 0.4) is 0 Å². The van der Waals surface area contributed by atoms with Crippen LogP contribution in [0.4, 0.5) is 0 Å². The predicted octanol–water partition coefficient (Wildman–Crippen LogP) is 3.52. The molecule has 108 valence electrons. The van der Waals surface area contributed by atoms with Crippen molar-refractivity contribution in [2.75, 3.05) is 6.54 Å². The van der Waals surface area contributed by atoms with Gasteiger partial charge in [-0.2, -0.15) is 0 Å². The maximum absolute atomic E-state index is 12.7. The number of carbonyl (C=O) groups is 2. The van der Waals surface area contributed by atoms with Crippen LogP contribution in [-0.2, 0) is 4.79 Å². The Morgan fingerprint density at radius 1 is 1.50 bits per heavy atom. The standard InChI is InChI=1S/C14H15BrINO3/c1-2-14(13(19)20)6-3-7-17(14)12(18)10-8-9(15)4-5-11(10)16/h4-5,8H,2-3,6-7H2,1H3,(H,19,20). The molecule has 1 heterocycles. The molecule has 1 aliphatic rings. The zero-order chi connectivity index (χ0) is 14.9. The minimum absolute atomic E-state index is 0.197. The molecular weight excluding hydrogens is 437 g/mol. The second kappa shape index (κ2) is 6.01. The van der Waals surface area contributed by atoms with Gasteiger partial charge in [0.2, 0.25) is 0 Å². The van der Waals surface area contributed by atoms with Crippen molar-refractivity contribution in [3.8, 4) is 0 Å². The molecule has 20 heavy (non-hydrogen) atoms. The fourth-order valence-electron chi connectivity index (χ4n) is 2.72. The van der Waals surface area contributed by atoms with E-state index in [0.717, 1.165) is 14.5 Å². The Bertz CT molecular complexity index is 563. The van der Waals surface area contributed by atoms with Crippen molar-refractivity contribution in [3.63, 3.8) is 0 Å². The van der Waals surface area contributed by atoms with E-state index in [2.05, 4.69) is 38.5 Å². The second-order valence-corrected chi connectivity index (χ2v) is 6.95. The van der Waals surface area contributed by atoms with Crippen molar-refractivity contribution in [1.82, 2.24) is 4.90 Å². The number of carboxylic acids is 1. The van der Waals surface area contributed by atoms with Crippen molar-refractivity contribution < 1.29 is 14.7 Å². The molecule has 6 heteroatoms. The summed E-state index contributed by atoms with van der Waals surface area (Å²) in [7, 11) is 0. The van der Waals surface area contributed by atoms with E-state index in [1.807, 2.05) is 19.1 Å². The van der Waals surface area contributed by atoms with Crippen molar-refractivity contribution in [2.45, 2.75) is 31.7 Å². The number of aliphatic carboxylic acids is 1. The summed E-state index contributed by atoms with van der Waals surface area (Å²) in [5.74, 6) is -1.10. The van der Waals surface area contributed by atoms with E-state index in [1.165, 1.54) is 4.90 Å². The molecule has 0 radical (unpaired) electrons. The van der Waals surface area contributed by atoms with E-state index in [0.29, 0.717) is 24.9 Å².